The minimum Gasteiger partial charge on any atom is -0.341 e. The number of amides is 3. The molecule has 5 nitrogen and oxygen atoms in total. The first-order valence-electron chi connectivity index (χ1n) is 6.91. The molecule has 1 aliphatic rings. The van der Waals surface area contributed by atoms with Crippen LogP contribution in [0.2, 0.25) is 0 Å². The van der Waals surface area contributed by atoms with Crippen molar-refractivity contribution in [3.63, 3.8) is 0 Å². The van der Waals surface area contributed by atoms with E-state index in [1.165, 1.54) is 4.90 Å². The fraction of sp³-hybridized carbons (Fsp3) is 0.467. The second-order valence-corrected chi connectivity index (χ2v) is 5.22. The van der Waals surface area contributed by atoms with Crippen molar-refractivity contribution in [2.75, 3.05) is 27.2 Å². The molecule has 1 aliphatic heterocycles. The van der Waals surface area contributed by atoms with E-state index in [0.717, 1.165) is 31.5 Å². The minimum absolute atomic E-state index is 0.0242. The van der Waals surface area contributed by atoms with Crippen LogP contribution in [0.5, 0.6) is 0 Å². The normalized spacial score (nSPS) is 15.8. The van der Waals surface area contributed by atoms with Crippen molar-refractivity contribution in [2.45, 2.75) is 18.9 Å². The maximum absolute atomic E-state index is 12.6. The summed E-state index contributed by atoms with van der Waals surface area (Å²) >= 11 is 0. The Morgan fingerprint density at radius 2 is 1.75 bits per heavy atom. The minimum atomic E-state index is -0.607. The number of nitrogens with zero attached hydrogens (tertiary/aromatic N) is 2. The SMILES string of the molecule is CN(C)C(=O)N[C@H](C(=O)N1CCCC1)c1ccccc1. The lowest BCUT2D eigenvalue weighted by molar-refractivity contribution is -0.132. The summed E-state index contributed by atoms with van der Waals surface area (Å²) in [5, 5.41) is 2.81. The van der Waals surface area contributed by atoms with Gasteiger partial charge in [0.2, 0.25) is 5.91 Å². The largest absolute Gasteiger partial charge is 0.341 e. The van der Waals surface area contributed by atoms with E-state index in [1.54, 1.807) is 14.1 Å². The number of likely N-dealkylation sites (tertiary alicyclic amines) is 1. The predicted octanol–water partition coefficient (Wildman–Crippen LogP) is 1.62. The summed E-state index contributed by atoms with van der Waals surface area (Å²) in [6.07, 6.45) is 2.07. The average molecular weight is 275 g/mol. The van der Waals surface area contributed by atoms with E-state index in [4.69, 9.17) is 0 Å². The van der Waals surface area contributed by atoms with Gasteiger partial charge in [0.25, 0.3) is 0 Å². The highest BCUT2D eigenvalue weighted by molar-refractivity contribution is 5.88. The van der Waals surface area contributed by atoms with Crippen molar-refractivity contribution >= 4 is 11.9 Å². The number of rotatable bonds is 3. The monoisotopic (exact) mass is 275 g/mol. The maximum Gasteiger partial charge on any atom is 0.317 e. The van der Waals surface area contributed by atoms with E-state index in [1.807, 2.05) is 35.2 Å². The lowest BCUT2D eigenvalue weighted by Gasteiger charge is -2.25. The number of benzene rings is 1. The number of hydrogen-bond acceptors (Lipinski definition) is 2. The van der Waals surface area contributed by atoms with Gasteiger partial charge in [-0.05, 0) is 18.4 Å². The molecule has 5 heteroatoms. The molecule has 0 bridgehead atoms. The van der Waals surface area contributed by atoms with Crippen LogP contribution in [-0.2, 0) is 4.79 Å². The number of carbonyl (C=O) groups excluding carboxylic acids is 2. The molecule has 1 heterocycles. The Labute approximate surface area is 119 Å². The van der Waals surface area contributed by atoms with E-state index in [9.17, 15) is 9.59 Å². The average Bonchev–Trinajstić information content (AvgIpc) is 2.98. The molecule has 0 aliphatic carbocycles. The molecule has 108 valence electrons. The molecule has 3 amide bonds. The highest BCUT2D eigenvalue weighted by atomic mass is 16.2. The molecule has 1 aromatic rings. The molecule has 20 heavy (non-hydrogen) atoms. The second kappa shape index (κ2) is 6.41. The van der Waals surface area contributed by atoms with Crippen LogP contribution in [0.4, 0.5) is 4.79 Å². The second-order valence-electron chi connectivity index (χ2n) is 5.22. The molecule has 0 saturated carbocycles. The van der Waals surface area contributed by atoms with Gasteiger partial charge in [0.1, 0.15) is 6.04 Å². The van der Waals surface area contributed by atoms with Crippen molar-refractivity contribution in [3.05, 3.63) is 35.9 Å². The van der Waals surface area contributed by atoms with Gasteiger partial charge in [-0.1, -0.05) is 30.3 Å². The summed E-state index contributed by atoms with van der Waals surface area (Å²) in [7, 11) is 3.33. The first-order valence-corrected chi connectivity index (χ1v) is 6.91. The summed E-state index contributed by atoms with van der Waals surface area (Å²) in [4.78, 5) is 27.8. The number of carbonyl (C=O) groups is 2. The van der Waals surface area contributed by atoms with E-state index in [2.05, 4.69) is 5.32 Å². The van der Waals surface area contributed by atoms with Crippen LogP contribution in [0, 0.1) is 0 Å². The molecule has 0 radical (unpaired) electrons. The first-order chi connectivity index (χ1) is 9.59. The van der Waals surface area contributed by atoms with Crippen LogP contribution in [0.1, 0.15) is 24.4 Å². The number of urea groups is 1. The van der Waals surface area contributed by atoms with Crippen LogP contribution < -0.4 is 5.32 Å². The van der Waals surface area contributed by atoms with Crippen LogP contribution in [0.15, 0.2) is 30.3 Å². The van der Waals surface area contributed by atoms with Gasteiger partial charge in [-0.3, -0.25) is 4.79 Å². The third-order valence-electron chi connectivity index (χ3n) is 3.47. The van der Waals surface area contributed by atoms with E-state index in [0.29, 0.717) is 0 Å². The van der Waals surface area contributed by atoms with Crippen molar-refractivity contribution in [2.24, 2.45) is 0 Å². The summed E-state index contributed by atoms with van der Waals surface area (Å²) in [6.45, 7) is 1.56. The van der Waals surface area contributed by atoms with Gasteiger partial charge in [-0.25, -0.2) is 4.79 Å². The third kappa shape index (κ3) is 3.29. The topological polar surface area (TPSA) is 52.7 Å². The molecule has 1 fully saturated rings. The Kier molecular flexibility index (Phi) is 4.61. The Bertz CT molecular complexity index is 467. The molecule has 2 rings (SSSR count). The zero-order valence-corrected chi connectivity index (χ0v) is 12.0. The van der Waals surface area contributed by atoms with Gasteiger partial charge < -0.3 is 15.1 Å². The molecule has 1 atom stereocenters. The molecule has 0 aromatic heterocycles. The van der Waals surface area contributed by atoms with Crippen LogP contribution >= 0.6 is 0 Å². The number of hydrogen-bond donors (Lipinski definition) is 1. The third-order valence-corrected chi connectivity index (χ3v) is 3.47. The van der Waals surface area contributed by atoms with Crippen molar-refractivity contribution in [1.29, 1.82) is 0 Å². The summed E-state index contributed by atoms with van der Waals surface area (Å²) < 4.78 is 0. The molecule has 0 unspecified atom stereocenters. The molecular weight excluding hydrogens is 254 g/mol. The fourth-order valence-corrected chi connectivity index (χ4v) is 2.31. The van der Waals surface area contributed by atoms with Gasteiger partial charge in [0.05, 0.1) is 0 Å². The van der Waals surface area contributed by atoms with Gasteiger partial charge >= 0.3 is 6.03 Å². The molecule has 1 N–H and O–H groups in total. The standard InChI is InChI=1S/C15H21N3O2/c1-17(2)15(20)16-13(12-8-4-3-5-9-12)14(19)18-10-6-7-11-18/h3-5,8-9,13H,6-7,10-11H2,1-2H3,(H,16,20)/t13-/m0/s1. The lowest BCUT2D eigenvalue weighted by Crippen LogP contribution is -2.45. The first kappa shape index (κ1) is 14.4. The van der Waals surface area contributed by atoms with Crippen LogP contribution in [-0.4, -0.2) is 48.9 Å². The molecule has 1 aromatic carbocycles. The fourth-order valence-electron chi connectivity index (χ4n) is 2.31. The van der Waals surface area contributed by atoms with E-state index in [-0.39, 0.29) is 11.9 Å². The van der Waals surface area contributed by atoms with E-state index >= 15 is 0 Å². The summed E-state index contributed by atoms with van der Waals surface area (Å²) in [5.74, 6) is -0.0242. The summed E-state index contributed by atoms with van der Waals surface area (Å²) in [6, 6.07) is 8.52. The Morgan fingerprint density at radius 3 is 2.30 bits per heavy atom. The van der Waals surface area contributed by atoms with Gasteiger partial charge in [0, 0.05) is 27.2 Å². The van der Waals surface area contributed by atoms with Crippen molar-refractivity contribution in [3.8, 4) is 0 Å². The Hall–Kier alpha value is -2.04. The Morgan fingerprint density at radius 1 is 1.15 bits per heavy atom. The van der Waals surface area contributed by atoms with E-state index < -0.39 is 6.04 Å². The molecule has 0 spiro atoms. The van der Waals surface area contributed by atoms with Gasteiger partial charge in [0.15, 0.2) is 0 Å². The van der Waals surface area contributed by atoms with Crippen molar-refractivity contribution in [1.82, 2.24) is 15.1 Å². The summed E-state index contributed by atoms with van der Waals surface area (Å²) in [5.41, 5.74) is 0.819. The quantitative estimate of drug-likeness (QED) is 0.911. The maximum atomic E-state index is 12.6. The zero-order chi connectivity index (χ0) is 14.5. The van der Waals surface area contributed by atoms with Crippen molar-refractivity contribution < 1.29 is 9.59 Å². The number of nitrogens with one attached hydrogen (secondary N) is 1. The lowest BCUT2D eigenvalue weighted by atomic mass is 10.1. The smallest absolute Gasteiger partial charge is 0.317 e. The molecular formula is C15H21N3O2. The Balaban J connectivity index is 2.19. The molecule has 1 saturated heterocycles. The van der Waals surface area contributed by atoms with Crippen LogP contribution in [0.3, 0.4) is 0 Å². The highest BCUT2D eigenvalue weighted by Crippen LogP contribution is 2.19. The predicted molar refractivity (Wildman–Crippen MR) is 77.2 cm³/mol. The van der Waals surface area contributed by atoms with Crippen LogP contribution in [0.25, 0.3) is 0 Å². The zero-order valence-electron chi connectivity index (χ0n) is 12.0. The van der Waals surface area contributed by atoms with Gasteiger partial charge in [-0.15, -0.1) is 0 Å². The highest BCUT2D eigenvalue weighted by Gasteiger charge is 2.29. The van der Waals surface area contributed by atoms with Gasteiger partial charge in [-0.2, -0.15) is 0 Å².